The molecule has 0 N–H and O–H groups in total. The molecule has 0 aliphatic heterocycles. The monoisotopic (exact) mass is 235 g/mol. The highest BCUT2D eigenvalue weighted by molar-refractivity contribution is 5.70. The molecule has 0 aliphatic carbocycles. The van der Waals surface area contributed by atoms with Crippen molar-refractivity contribution in [2.45, 2.75) is 19.8 Å². The Morgan fingerprint density at radius 3 is 2.71 bits per heavy atom. The highest BCUT2D eigenvalue weighted by Gasteiger charge is 2.24. The molecule has 1 nitrogen and oxygen atoms in total. The summed E-state index contributed by atoms with van der Waals surface area (Å²) in [6, 6.07) is 2.68. The van der Waals surface area contributed by atoms with Gasteiger partial charge in [0.25, 0.3) is 5.92 Å². The zero-order chi connectivity index (χ0) is 12.9. The second-order valence-corrected chi connectivity index (χ2v) is 3.73. The van der Waals surface area contributed by atoms with Crippen LogP contribution in [-0.2, 0) is 5.92 Å². The average molecular weight is 235 g/mol. The number of rotatable bonds is 4. The van der Waals surface area contributed by atoms with Gasteiger partial charge in [-0.3, -0.25) is 4.98 Å². The van der Waals surface area contributed by atoms with Crippen LogP contribution in [0.3, 0.4) is 0 Å². The molecule has 1 rings (SSSR count). The summed E-state index contributed by atoms with van der Waals surface area (Å²) >= 11 is 0. The van der Waals surface area contributed by atoms with Gasteiger partial charge in [0.1, 0.15) is 0 Å². The van der Waals surface area contributed by atoms with Crippen LogP contribution in [0.2, 0.25) is 0 Å². The van der Waals surface area contributed by atoms with Gasteiger partial charge in [0, 0.05) is 18.7 Å². The Bertz CT molecular complexity index is 454. The van der Waals surface area contributed by atoms with Gasteiger partial charge in [0.05, 0.1) is 5.69 Å². The third-order valence-electron chi connectivity index (χ3n) is 2.20. The molecule has 0 saturated carbocycles. The van der Waals surface area contributed by atoms with Gasteiger partial charge in [-0.05, 0) is 24.6 Å². The van der Waals surface area contributed by atoms with Crippen molar-refractivity contribution in [1.29, 1.82) is 0 Å². The Balaban J connectivity index is 2.96. The predicted molar refractivity (Wildman–Crippen MR) is 66.8 cm³/mol. The van der Waals surface area contributed by atoms with E-state index in [9.17, 15) is 8.78 Å². The summed E-state index contributed by atoms with van der Waals surface area (Å²) in [5, 5.41) is 0. The van der Waals surface area contributed by atoms with Crippen molar-refractivity contribution < 1.29 is 8.78 Å². The van der Waals surface area contributed by atoms with Crippen molar-refractivity contribution >= 4 is 5.57 Å². The lowest BCUT2D eigenvalue weighted by molar-refractivity contribution is 0.0173. The van der Waals surface area contributed by atoms with Crippen molar-refractivity contribution in [2.24, 2.45) is 0 Å². The topological polar surface area (TPSA) is 12.9 Å². The maximum Gasteiger partial charge on any atom is 0.270 e. The van der Waals surface area contributed by atoms with Crippen LogP contribution in [0.5, 0.6) is 0 Å². The number of allylic oxidation sites excluding steroid dienone is 5. The Morgan fingerprint density at radius 2 is 2.12 bits per heavy atom. The zero-order valence-electron chi connectivity index (χ0n) is 9.95. The first kappa shape index (κ1) is 13.3. The number of halogens is 2. The molecule has 0 saturated heterocycles. The van der Waals surface area contributed by atoms with Crippen LogP contribution in [0.1, 0.15) is 25.1 Å². The fourth-order valence-electron chi connectivity index (χ4n) is 1.25. The predicted octanol–water partition coefficient (Wildman–Crippen LogP) is 4.34. The normalized spacial score (nSPS) is 12.5. The Hall–Kier alpha value is -1.77. The van der Waals surface area contributed by atoms with Crippen LogP contribution >= 0.6 is 0 Å². The van der Waals surface area contributed by atoms with Crippen molar-refractivity contribution in [1.82, 2.24) is 4.98 Å². The molecule has 0 aromatic carbocycles. The molecule has 0 atom stereocenters. The van der Waals surface area contributed by atoms with Gasteiger partial charge in [-0.2, -0.15) is 0 Å². The smallest absolute Gasteiger partial charge is 0.256 e. The van der Waals surface area contributed by atoms with Crippen LogP contribution in [-0.4, -0.2) is 4.98 Å². The van der Waals surface area contributed by atoms with E-state index in [1.54, 1.807) is 12.2 Å². The number of alkyl halides is 2. The molecule has 3 heteroatoms. The van der Waals surface area contributed by atoms with Gasteiger partial charge in [-0.25, -0.2) is 8.78 Å². The van der Waals surface area contributed by atoms with E-state index in [0.29, 0.717) is 11.3 Å². The van der Waals surface area contributed by atoms with Crippen molar-refractivity contribution in [3.63, 3.8) is 0 Å². The van der Waals surface area contributed by atoms with Gasteiger partial charge >= 0.3 is 0 Å². The van der Waals surface area contributed by atoms with Crippen LogP contribution in [0.15, 0.2) is 49.2 Å². The van der Waals surface area contributed by atoms with Crippen molar-refractivity contribution in [3.8, 4) is 0 Å². The molecule has 90 valence electrons. The van der Waals surface area contributed by atoms with Gasteiger partial charge in [-0.1, -0.05) is 30.9 Å². The van der Waals surface area contributed by atoms with E-state index in [1.165, 1.54) is 18.3 Å². The summed E-state index contributed by atoms with van der Waals surface area (Å²) in [7, 11) is 0. The molecule has 0 unspecified atom stereocenters. The van der Waals surface area contributed by atoms with Crippen LogP contribution < -0.4 is 0 Å². The molecule has 0 bridgehead atoms. The summed E-state index contributed by atoms with van der Waals surface area (Å²) in [4.78, 5) is 4.02. The van der Waals surface area contributed by atoms with Crippen molar-refractivity contribution in [2.75, 3.05) is 0 Å². The Kier molecular flexibility index (Phi) is 4.32. The summed E-state index contributed by atoms with van der Waals surface area (Å²) in [6.45, 7) is 6.55. The third-order valence-corrected chi connectivity index (χ3v) is 2.20. The minimum atomic E-state index is -2.86. The molecule has 1 heterocycles. The van der Waals surface area contributed by atoms with Crippen molar-refractivity contribution in [3.05, 3.63) is 60.5 Å². The summed E-state index contributed by atoms with van der Waals surface area (Å²) in [5.41, 5.74) is 1.02. The molecule has 0 spiro atoms. The molecule has 0 radical (unpaired) electrons. The van der Waals surface area contributed by atoms with E-state index in [2.05, 4.69) is 11.6 Å². The lowest BCUT2D eigenvalue weighted by atomic mass is 10.1. The second-order valence-electron chi connectivity index (χ2n) is 3.73. The second kappa shape index (κ2) is 5.53. The van der Waals surface area contributed by atoms with Gasteiger partial charge in [0.15, 0.2) is 0 Å². The highest BCUT2D eigenvalue weighted by Crippen LogP contribution is 2.27. The van der Waals surface area contributed by atoms with Crippen LogP contribution in [0.25, 0.3) is 5.57 Å². The molecule has 0 amide bonds. The minimum Gasteiger partial charge on any atom is -0.256 e. The number of hydrogen-bond donors (Lipinski definition) is 0. The van der Waals surface area contributed by atoms with E-state index in [0.717, 1.165) is 6.92 Å². The van der Waals surface area contributed by atoms with Gasteiger partial charge in [-0.15, -0.1) is 0 Å². The minimum absolute atomic E-state index is 0.0527. The van der Waals surface area contributed by atoms with E-state index in [-0.39, 0.29) is 5.56 Å². The van der Waals surface area contributed by atoms with E-state index in [1.807, 2.05) is 19.1 Å². The summed E-state index contributed by atoms with van der Waals surface area (Å²) in [6.07, 6.45) is 8.61. The number of hydrogen-bond acceptors (Lipinski definition) is 1. The lowest BCUT2D eigenvalue weighted by Gasteiger charge is -2.11. The molecule has 0 fully saturated rings. The largest absolute Gasteiger partial charge is 0.270 e. The number of pyridine rings is 1. The van der Waals surface area contributed by atoms with E-state index < -0.39 is 5.92 Å². The molecular weight excluding hydrogens is 220 g/mol. The zero-order valence-corrected chi connectivity index (χ0v) is 9.95. The van der Waals surface area contributed by atoms with Gasteiger partial charge < -0.3 is 0 Å². The summed E-state index contributed by atoms with van der Waals surface area (Å²) in [5.74, 6) is -2.86. The SMILES string of the molecule is C=C(/C=C\C=C/C)c1cc(C(C)(F)F)ccn1. The average Bonchev–Trinajstić information content (AvgIpc) is 2.28. The first-order valence-corrected chi connectivity index (χ1v) is 5.28. The quantitative estimate of drug-likeness (QED) is 0.707. The molecule has 1 aromatic heterocycles. The van der Waals surface area contributed by atoms with Gasteiger partial charge in [0.2, 0.25) is 0 Å². The molecule has 0 aliphatic rings. The molecular formula is C14H15F2N. The Labute approximate surface area is 100 Å². The Morgan fingerprint density at radius 1 is 1.41 bits per heavy atom. The molecule has 1 aromatic rings. The first-order valence-electron chi connectivity index (χ1n) is 5.28. The first-order chi connectivity index (χ1) is 7.95. The molecule has 17 heavy (non-hydrogen) atoms. The van der Waals surface area contributed by atoms with E-state index >= 15 is 0 Å². The lowest BCUT2D eigenvalue weighted by Crippen LogP contribution is -2.07. The highest BCUT2D eigenvalue weighted by atomic mass is 19.3. The fourth-order valence-corrected chi connectivity index (χ4v) is 1.25. The maximum absolute atomic E-state index is 13.1. The van der Waals surface area contributed by atoms with Crippen LogP contribution in [0.4, 0.5) is 8.78 Å². The number of aromatic nitrogens is 1. The standard InChI is InChI=1S/C14H15F2N/c1-4-5-6-7-11(2)13-10-12(8-9-17-13)14(3,15)16/h4-10H,2H2,1,3H3/b5-4-,7-6-. The van der Waals surface area contributed by atoms with Crippen LogP contribution in [0, 0.1) is 0 Å². The summed E-state index contributed by atoms with van der Waals surface area (Å²) < 4.78 is 26.2. The van der Waals surface area contributed by atoms with E-state index in [4.69, 9.17) is 0 Å². The third kappa shape index (κ3) is 3.94. The fraction of sp³-hybridized carbons (Fsp3) is 0.214. The number of nitrogens with zero attached hydrogens (tertiary/aromatic N) is 1. The maximum atomic E-state index is 13.1.